The standard InChI is InChI=1S/C8H14O3/c1-4(2)7-5(3)6(9)8(10)11-7/h4-7,9H,1-3H3/t5-,6-,7+/m1/s1. The van der Waals surface area contributed by atoms with Crippen LogP contribution < -0.4 is 0 Å². The van der Waals surface area contributed by atoms with Crippen LogP contribution in [-0.2, 0) is 9.53 Å². The van der Waals surface area contributed by atoms with Crippen molar-refractivity contribution in [3.05, 3.63) is 0 Å². The van der Waals surface area contributed by atoms with Crippen LogP contribution in [0.4, 0.5) is 0 Å². The van der Waals surface area contributed by atoms with Crippen molar-refractivity contribution < 1.29 is 14.6 Å². The number of rotatable bonds is 1. The van der Waals surface area contributed by atoms with Gasteiger partial charge >= 0.3 is 5.97 Å². The second-order valence-corrected chi connectivity index (χ2v) is 3.45. The second kappa shape index (κ2) is 2.81. The lowest BCUT2D eigenvalue weighted by Crippen LogP contribution is -2.25. The van der Waals surface area contributed by atoms with E-state index < -0.39 is 12.1 Å². The summed E-state index contributed by atoms with van der Waals surface area (Å²) < 4.78 is 4.96. The highest BCUT2D eigenvalue weighted by Crippen LogP contribution is 2.27. The molecule has 1 heterocycles. The summed E-state index contributed by atoms with van der Waals surface area (Å²) in [7, 11) is 0. The second-order valence-electron chi connectivity index (χ2n) is 3.45. The minimum Gasteiger partial charge on any atom is -0.460 e. The van der Waals surface area contributed by atoms with Crippen LogP contribution in [0.15, 0.2) is 0 Å². The number of carbonyl (C=O) groups is 1. The first-order valence-corrected chi connectivity index (χ1v) is 3.92. The zero-order valence-corrected chi connectivity index (χ0v) is 7.07. The molecule has 0 aromatic rings. The van der Waals surface area contributed by atoms with Gasteiger partial charge in [-0.3, -0.25) is 0 Å². The van der Waals surface area contributed by atoms with Crippen molar-refractivity contribution in [2.75, 3.05) is 0 Å². The Hall–Kier alpha value is -0.570. The Morgan fingerprint density at radius 2 is 2.09 bits per heavy atom. The summed E-state index contributed by atoms with van der Waals surface area (Å²) >= 11 is 0. The quantitative estimate of drug-likeness (QED) is 0.567. The maximum atomic E-state index is 10.8. The van der Waals surface area contributed by atoms with Crippen LogP contribution in [-0.4, -0.2) is 23.3 Å². The molecule has 0 saturated carbocycles. The van der Waals surface area contributed by atoms with E-state index in [1.54, 1.807) is 0 Å². The summed E-state index contributed by atoms with van der Waals surface area (Å²) in [5.41, 5.74) is 0. The third-order valence-electron chi connectivity index (χ3n) is 2.17. The third-order valence-corrected chi connectivity index (χ3v) is 2.17. The average molecular weight is 158 g/mol. The number of cyclic esters (lactones) is 1. The molecule has 0 radical (unpaired) electrons. The lowest BCUT2D eigenvalue weighted by atomic mass is 9.93. The molecule has 0 unspecified atom stereocenters. The lowest BCUT2D eigenvalue weighted by molar-refractivity contribution is -0.148. The molecular formula is C8H14O3. The molecule has 1 rings (SSSR count). The lowest BCUT2D eigenvalue weighted by Gasteiger charge is -2.17. The van der Waals surface area contributed by atoms with Crippen LogP contribution in [0.2, 0.25) is 0 Å². The monoisotopic (exact) mass is 158 g/mol. The zero-order valence-electron chi connectivity index (χ0n) is 7.07. The van der Waals surface area contributed by atoms with Gasteiger partial charge in [0.25, 0.3) is 0 Å². The summed E-state index contributed by atoms with van der Waals surface area (Å²) in [5, 5.41) is 9.21. The Morgan fingerprint density at radius 3 is 2.27 bits per heavy atom. The fourth-order valence-electron chi connectivity index (χ4n) is 1.45. The van der Waals surface area contributed by atoms with E-state index >= 15 is 0 Å². The van der Waals surface area contributed by atoms with E-state index in [1.165, 1.54) is 0 Å². The number of aliphatic hydroxyl groups is 1. The van der Waals surface area contributed by atoms with E-state index in [9.17, 15) is 9.90 Å². The van der Waals surface area contributed by atoms with E-state index in [-0.39, 0.29) is 17.9 Å². The third kappa shape index (κ3) is 1.38. The number of esters is 1. The molecule has 1 saturated heterocycles. The SMILES string of the molecule is CC(C)[C@@H]1OC(=O)[C@H](O)[C@H]1C. The molecule has 1 N–H and O–H groups in total. The Labute approximate surface area is 66.4 Å². The van der Waals surface area contributed by atoms with Crippen LogP contribution in [0, 0.1) is 11.8 Å². The van der Waals surface area contributed by atoms with Crippen molar-refractivity contribution in [2.45, 2.75) is 33.0 Å². The van der Waals surface area contributed by atoms with E-state index in [0.29, 0.717) is 0 Å². The first-order valence-electron chi connectivity index (χ1n) is 3.92. The van der Waals surface area contributed by atoms with Crippen LogP contribution in [0.25, 0.3) is 0 Å². The summed E-state index contributed by atoms with van der Waals surface area (Å²) in [6, 6.07) is 0. The van der Waals surface area contributed by atoms with E-state index in [4.69, 9.17) is 4.74 Å². The van der Waals surface area contributed by atoms with Gasteiger partial charge in [0.05, 0.1) is 0 Å². The van der Waals surface area contributed by atoms with Gasteiger partial charge < -0.3 is 9.84 Å². The van der Waals surface area contributed by atoms with Crippen LogP contribution >= 0.6 is 0 Å². The van der Waals surface area contributed by atoms with E-state index in [2.05, 4.69) is 0 Å². The van der Waals surface area contributed by atoms with Gasteiger partial charge in [0.1, 0.15) is 6.10 Å². The van der Waals surface area contributed by atoms with Crippen molar-refractivity contribution in [2.24, 2.45) is 11.8 Å². The summed E-state index contributed by atoms with van der Waals surface area (Å²) in [5.74, 6) is -0.259. The van der Waals surface area contributed by atoms with E-state index in [0.717, 1.165) is 0 Å². The number of hydrogen-bond donors (Lipinski definition) is 1. The highest BCUT2D eigenvalue weighted by molar-refractivity contribution is 5.77. The van der Waals surface area contributed by atoms with Crippen LogP contribution in [0.3, 0.4) is 0 Å². The molecule has 1 aliphatic heterocycles. The predicted octanol–water partition coefficient (Wildman–Crippen LogP) is 0.565. The first kappa shape index (κ1) is 8.53. The minimum atomic E-state index is -0.914. The predicted molar refractivity (Wildman–Crippen MR) is 39.9 cm³/mol. The Kier molecular flexibility index (Phi) is 2.18. The molecule has 0 bridgehead atoms. The van der Waals surface area contributed by atoms with Gasteiger partial charge in [0.2, 0.25) is 0 Å². The summed E-state index contributed by atoms with van der Waals surface area (Å²) in [6.45, 7) is 5.79. The van der Waals surface area contributed by atoms with Crippen molar-refractivity contribution in [3.8, 4) is 0 Å². The number of carbonyl (C=O) groups excluding carboxylic acids is 1. The van der Waals surface area contributed by atoms with Gasteiger partial charge in [-0.2, -0.15) is 0 Å². The van der Waals surface area contributed by atoms with Crippen molar-refractivity contribution in [1.29, 1.82) is 0 Å². The topological polar surface area (TPSA) is 46.5 Å². The molecule has 3 atom stereocenters. The molecule has 0 spiro atoms. The molecule has 11 heavy (non-hydrogen) atoms. The maximum Gasteiger partial charge on any atom is 0.335 e. The Balaban J connectivity index is 2.67. The van der Waals surface area contributed by atoms with Crippen LogP contribution in [0.1, 0.15) is 20.8 Å². The van der Waals surface area contributed by atoms with Crippen molar-refractivity contribution in [1.82, 2.24) is 0 Å². The largest absolute Gasteiger partial charge is 0.460 e. The number of aliphatic hydroxyl groups excluding tert-OH is 1. The van der Waals surface area contributed by atoms with Gasteiger partial charge in [-0.1, -0.05) is 20.8 Å². The summed E-state index contributed by atoms with van der Waals surface area (Å²) in [4.78, 5) is 10.8. The van der Waals surface area contributed by atoms with Crippen LogP contribution in [0.5, 0.6) is 0 Å². The van der Waals surface area contributed by atoms with Gasteiger partial charge in [-0.15, -0.1) is 0 Å². The maximum absolute atomic E-state index is 10.8. The molecule has 0 aromatic heterocycles. The molecule has 0 aliphatic carbocycles. The molecular weight excluding hydrogens is 144 g/mol. The van der Waals surface area contributed by atoms with Gasteiger partial charge in [0, 0.05) is 5.92 Å². The van der Waals surface area contributed by atoms with Gasteiger partial charge in [-0.25, -0.2) is 4.79 Å². The summed E-state index contributed by atoms with van der Waals surface area (Å²) in [6.07, 6.45) is -1.03. The minimum absolute atomic E-state index is 0.0671. The highest BCUT2D eigenvalue weighted by Gasteiger charge is 2.41. The zero-order chi connectivity index (χ0) is 8.59. The fraction of sp³-hybridized carbons (Fsp3) is 0.875. The normalized spacial score (nSPS) is 37.9. The number of hydrogen-bond acceptors (Lipinski definition) is 3. The van der Waals surface area contributed by atoms with Gasteiger partial charge in [-0.05, 0) is 5.92 Å². The molecule has 0 aromatic carbocycles. The molecule has 3 nitrogen and oxygen atoms in total. The Morgan fingerprint density at radius 1 is 1.55 bits per heavy atom. The Bertz CT molecular complexity index is 165. The highest BCUT2D eigenvalue weighted by atomic mass is 16.6. The fourth-order valence-corrected chi connectivity index (χ4v) is 1.45. The number of ether oxygens (including phenoxy) is 1. The molecule has 1 fully saturated rings. The smallest absolute Gasteiger partial charge is 0.335 e. The first-order chi connectivity index (χ1) is 5.04. The van der Waals surface area contributed by atoms with Crippen molar-refractivity contribution >= 4 is 5.97 Å². The van der Waals surface area contributed by atoms with Gasteiger partial charge in [0.15, 0.2) is 6.10 Å². The van der Waals surface area contributed by atoms with E-state index in [1.807, 2.05) is 20.8 Å². The molecule has 3 heteroatoms. The molecule has 1 aliphatic rings. The molecule has 64 valence electrons. The van der Waals surface area contributed by atoms with Crippen molar-refractivity contribution in [3.63, 3.8) is 0 Å². The molecule has 0 amide bonds. The average Bonchev–Trinajstić information content (AvgIpc) is 2.17.